The maximum atomic E-state index is 6.02. The van der Waals surface area contributed by atoms with E-state index in [2.05, 4.69) is 65.5 Å². The van der Waals surface area contributed by atoms with E-state index in [1.54, 1.807) is 0 Å². The molecule has 0 aromatic heterocycles. The molecule has 2 N–H and O–H groups in total. The molecule has 0 saturated carbocycles. The van der Waals surface area contributed by atoms with Gasteiger partial charge in [-0.25, -0.2) is 0 Å². The summed E-state index contributed by atoms with van der Waals surface area (Å²) in [5.74, 6) is 0.817. The summed E-state index contributed by atoms with van der Waals surface area (Å²) in [5.41, 5.74) is 1.26. The van der Waals surface area contributed by atoms with Crippen LogP contribution in [0.15, 0.2) is 29.3 Å². The minimum absolute atomic E-state index is 0.0402. The molecule has 1 aliphatic rings. The Labute approximate surface area is 168 Å². The maximum Gasteiger partial charge on any atom is 0.191 e. The van der Waals surface area contributed by atoms with Gasteiger partial charge in [-0.15, -0.1) is 0 Å². The maximum absolute atomic E-state index is 6.02. The van der Waals surface area contributed by atoms with Crippen molar-refractivity contribution in [2.75, 3.05) is 60.5 Å². The number of guanidine groups is 1. The summed E-state index contributed by atoms with van der Waals surface area (Å²) in [5, 5.41) is 7.70. The van der Waals surface area contributed by atoms with E-state index in [-0.39, 0.29) is 11.6 Å². The van der Waals surface area contributed by atoms with Gasteiger partial charge in [-0.3, -0.25) is 9.89 Å². The Morgan fingerprint density at radius 1 is 1.22 bits per heavy atom. The van der Waals surface area contributed by atoms with Crippen molar-refractivity contribution >= 4 is 17.6 Å². The summed E-state index contributed by atoms with van der Waals surface area (Å²) >= 11 is 6.02. The highest BCUT2D eigenvalue weighted by Crippen LogP contribution is 2.20. The molecule has 1 unspecified atom stereocenters. The number of aliphatic imine (C=N–C) groups is 1. The number of nitrogens with zero attached hydrogens (tertiary/aromatic N) is 3. The van der Waals surface area contributed by atoms with E-state index in [1.807, 2.05) is 19.2 Å². The number of ether oxygens (including phenoxy) is 1. The molecule has 1 heterocycles. The highest BCUT2D eigenvalue weighted by Gasteiger charge is 2.28. The number of hydrogen-bond donors (Lipinski definition) is 2. The Morgan fingerprint density at radius 2 is 1.85 bits per heavy atom. The Kier molecular flexibility index (Phi) is 8.35. The molecule has 27 heavy (non-hydrogen) atoms. The fourth-order valence-corrected chi connectivity index (χ4v) is 3.40. The molecule has 1 saturated heterocycles. The van der Waals surface area contributed by atoms with Crippen LogP contribution in [0.1, 0.15) is 25.5 Å². The Balaban J connectivity index is 1.90. The smallest absolute Gasteiger partial charge is 0.191 e. The zero-order valence-electron chi connectivity index (χ0n) is 17.3. The van der Waals surface area contributed by atoms with Gasteiger partial charge in [0.2, 0.25) is 0 Å². The first-order chi connectivity index (χ1) is 12.8. The van der Waals surface area contributed by atoms with Crippen LogP contribution in [0.2, 0.25) is 5.02 Å². The second kappa shape index (κ2) is 10.3. The Hall–Kier alpha value is -1.34. The number of morpholine rings is 1. The van der Waals surface area contributed by atoms with Crippen molar-refractivity contribution in [3.05, 3.63) is 34.9 Å². The van der Waals surface area contributed by atoms with Gasteiger partial charge in [0, 0.05) is 43.8 Å². The van der Waals surface area contributed by atoms with E-state index in [0.29, 0.717) is 0 Å². The predicted octanol–water partition coefficient (Wildman–Crippen LogP) is 2.22. The fraction of sp³-hybridized carbons (Fsp3) is 0.650. The van der Waals surface area contributed by atoms with E-state index in [9.17, 15) is 0 Å². The van der Waals surface area contributed by atoms with Crippen LogP contribution in [0.4, 0.5) is 0 Å². The van der Waals surface area contributed by atoms with Crippen molar-refractivity contribution in [1.29, 1.82) is 0 Å². The van der Waals surface area contributed by atoms with Crippen LogP contribution in [-0.2, 0) is 4.74 Å². The molecule has 1 aliphatic heterocycles. The summed E-state index contributed by atoms with van der Waals surface area (Å²) in [6, 6.07) is 8.25. The molecule has 0 radical (unpaired) electrons. The highest BCUT2D eigenvalue weighted by atomic mass is 35.5. The first kappa shape index (κ1) is 22.0. The molecule has 1 aromatic carbocycles. The summed E-state index contributed by atoms with van der Waals surface area (Å²) in [6.07, 6.45) is 0. The van der Waals surface area contributed by atoms with Crippen LogP contribution in [0.3, 0.4) is 0 Å². The Bertz CT molecular complexity index is 597. The topological polar surface area (TPSA) is 52.1 Å². The molecule has 152 valence electrons. The number of rotatable bonds is 7. The van der Waals surface area contributed by atoms with Crippen LogP contribution in [-0.4, -0.2) is 81.8 Å². The number of likely N-dealkylation sites (N-methyl/N-ethyl adjacent to an activating group) is 1. The largest absolute Gasteiger partial charge is 0.379 e. The molecule has 7 heteroatoms. The lowest BCUT2D eigenvalue weighted by molar-refractivity contribution is -0.00834. The predicted molar refractivity (Wildman–Crippen MR) is 114 cm³/mol. The third kappa shape index (κ3) is 6.64. The molecule has 0 spiro atoms. The first-order valence-corrected chi connectivity index (χ1v) is 9.90. The standard InChI is InChI=1S/C20H34ClN5O/c1-20(2,26-10-12-27-13-11-26)15-24-19(22-3)23-14-18(25(4)5)16-6-8-17(21)9-7-16/h6-9,18H,10-15H2,1-5H3,(H2,22,23,24). The van der Waals surface area contributed by atoms with Gasteiger partial charge in [-0.05, 0) is 45.6 Å². The average Bonchev–Trinajstić information content (AvgIpc) is 2.66. The van der Waals surface area contributed by atoms with Crippen LogP contribution in [0, 0.1) is 0 Å². The third-order valence-corrected chi connectivity index (χ3v) is 5.37. The van der Waals surface area contributed by atoms with Crippen LogP contribution < -0.4 is 10.6 Å². The second-order valence-electron chi connectivity index (χ2n) is 7.75. The molecule has 1 aromatic rings. The summed E-state index contributed by atoms with van der Waals surface area (Å²) in [7, 11) is 5.97. The molecule has 6 nitrogen and oxygen atoms in total. The molecule has 1 fully saturated rings. The monoisotopic (exact) mass is 395 g/mol. The summed E-state index contributed by atoms with van der Waals surface area (Å²) in [6.45, 7) is 9.65. The van der Waals surface area contributed by atoms with Crippen molar-refractivity contribution in [1.82, 2.24) is 20.4 Å². The van der Waals surface area contributed by atoms with Crippen LogP contribution in [0.25, 0.3) is 0 Å². The molecular weight excluding hydrogens is 362 g/mol. The molecule has 0 amide bonds. The molecule has 0 aliphatic carbocycles. The molecule has 2 rings (SSSR count). The van der Waals surface area contributed by atoms with Gasteiger partial charge < -0.3 is 20.3 Å². The minimum Gasteiger partial charge on any atom is -0.379 e. The molecule has 0 bridgehead atoms. The summed E-state index contributed by atoms with van der Waals surface area (Å²) in [4.78, 5) is 9.05. The van der Waals surface area contributed by atoms with Crippen LogP contribution >= 0.6 is 11.6 Å². The SMILES string of the molecule is CN=C(NCC(c1ccc(Cl)cc1)N(C)C)NCC(C)(C)N1CCOCC1. The van der Waals surface area contributed by atoms with E-state index in [0.717, 1.165) is 50.4 Å². The highest BCUT2D eigenvalue weighted by molar-refractivity contribution is 6.30. The quantitative estimate of drug-likeness (QED) is 0.547. The normalized spacial score (nSPS) is 17.8. The van der Waals surface area contributed by atoms with Crippen molar-refractivity contribution in [3.8, 4) is 0 Å². The van der Waals surface area contributed by atoms with E-state index in [1.165, 1.54) is 5.56 Å². The number of benzene rings is 1. The van der Waals surface area contributed by atoms with E-state index >= 15 is 0 Å². The lowest BCUT2D eigenvalue weighted by Crippen LogP contribution is -2.56. The van der Waals surface area contributed by atoms with Gasteiger partial charge in [0.05, 0.1) is 19.3 Å². The van der Waals surface area contributed by atoms with Crippen molar-refractivity contribution in [2.45, 2.75) is 25.4 Å². The second-order valence-corrected chi connectivity index (χ2v) is 8.19. The Morgan fingerprint density at radius 3 is 2.41 bits per heavy atom. The number of nitrogens with one attached hydrogen (secondary N) is 2. The first-order valence-electron chi connectivity index (χ1n) is 9.52. The zero-order valence-corrected chi connectivity index (χ0v) is 18.0. The lowest BCUT2D eigenvalue weighted by Gasteiger charge is -2.41. The van der Waals surface area contributed by atoms with Gasteiger partial charge in [0.15, 0.2) is 5.96 Å². The van der Waals surface area contributed by atoms with Crippen molar-refractivity contribution in [2.24, 2.45) is 4.99 Å². The van der Waals surface area contributed by atoms with Gasteiger partial charge in [0.25, 0.3) is 0 Å². The van der Waals surface area contributed by atoms with Gasteiger partial charge in [0.1, 0.15) is 0 Å². The zero-order chi connectivity index (χ0) is 19.9. The van der Waals surface area contributed by atoms with Crippen LogP contribution in [0.5, 0.6) is 0 Å². The fourth-order valence-electron chi connectivity index (χ4n) is 3.28. The number of hydrogen-bond acceptors (Lipinski definition) is 4. The third-order valence-electron chi connectivity index (χ3n) is 5.12. The lowest BCUT2D eigenvalue weighted by atomic mass is 10.0. The van der Waals surface area contributed by atoms with Gasteiger partial charge >= 0.3 is 0 Å². The van der Waals surface area contributed by atoms with Gasteiger partial charge in [-0.2, -0.15) is 0 Å². The van der Waals surface area contributed by atoms with E-state index in [4.69, 9.17) is 16.3 Å². The van der Waals surface area contributed by atoms with Crippen molar-refractivity contribution in [3.63, 3.8) is 0 Å². The van der Waals surface area contributed by atoms with Gasteiger partial charge in [-0.1, -0.05) is 23.7 Å². The molecular formula is C20H34ClN5O. The summed E-state index contributed by atoms with van der Waals surface area (Å²) < 4.78 is 5.47. The number of halogens is 1. The average molecular weight is 396 g/mol. The minimum atomic E-state index is 0.0402. The van der Waals surface area contributed by atoms with E-state index < -0.39 is 0 Å². The van der Waals surface area contributed by atoms with Crippen molar-refractivity contribution < 1.29 is 4.74 Å². The molecule has 1 atom stereocenters.